The Kier molecular flexibility index (Phi) is 5.72. The molecule has 0 aliphatic carbocycles. The zero-order valence-corrected chi connectivity index (χ0v) is 14.5. The summed E-state index contributed by atoms with van der Waals surface area (Å²) >= 11 is 3.08. The van der Waals surface area contributed by atoms with Crippen LogP contribution < -0.4 is 4.72 Å². The summed E-state index contributed by atoms with van der Waals surface area (Å²) in [5.74, 6) is -0.232. The summed E-state index contributed by atoms with van der Waals surface area (Å²) in [6.07, 6.45) is 0.683. The Balaban J connectivity index is 1.98. The highest BCUT2D eigenvalue weighted by Crippen LogP contribution is 2.23. The molecule has 2 rings (SSSR count). The predicted octanol–water partition coefficient (Wildman–Crippen LogP) is 4.06. The van der Waals surface area contributed by atoms with E-state index in [0.717, 1.165) is 12.1 Å². The molecule has 0 spiro atoms. The molecule has 118 valence electrons. The summed E-state index contributed by atoms with van der Waals surface area (Å²) < 4.78 is 40.2. The van der Waals surface area contributed by atoms with E-state index in [1.54, 1.807) is 0 Å². The van der Waals surface area contributed by atoms with Crippen LogP contribution in [0.2, 0.25) is 0 Å². The number of hydrogen-bond acceptors (Lipinski definition) is 2. The molecule has 22 heavy (non-hydrogen) atoms. The van der Waals surface area contributed by atoms with Gasteiger partial charge in [-0.15, -0.1) is 0 Å². The van der Waals surface area contributed by atoms with E-state index >= 15 is 0 Å². The van der Waals surface area contributed by atoms with Gasteiger partial charge in [-0.1, -0.05) is 37.3 Å². The van der Waals surface area contributed by atoms with Gasteiger partial charge in [-0.2, -0.15) is 0 Å². The largest absolute Gasteiger partial charge is 0.241 e. The monoisotopic (exact) mass is 385 g/mol. The van der Waals surface area contributed by atoms with E-state index in [0.29, 0.717) is 13.0 Å². The average molecular weight is 386 g/mol. The first-order valence-electron chi connectivity index (χ1n) is 6.90. The Morgan fingerprint density at radius 1 is 1.18 bits per heavy atom. The summed E-state index contributed by atoms with van der Waals surface area (Å²) in [4.78, 5) is 0.0428. The van der Waals surface area contributed by atoms with Crippen molar-refractivity contribution in [1.29, 1.82) is 0 Å². The lowest BCUT2D eigenvalue weighted by atomic mass is 9.98. The van der Waals surface area contributed by atoms with Gasteiger partial charge in [0.05, 0.1) is 4.90 Å². The molecule has 0 amide bonds. The maximum Gasteiger partial charge on any atom is 0.241 e. The molecule has 0 saturated carbocycles. The number of rotatable bonds is 6. The van der Waals surface area contributed by atoms with Gasteiger partial charge in [0, 0.05) is 11.0 Å². The SMILES string of the molecule is CC(CCNS(=O)(=O)c1ccc(F)cc1Br)c1ccccc1. The summed E-state index contributed by atoms with van der Waals surface area (Å²) in [5.41, 5.74) is 1.17. The van der Waals surface area contributed by atoms with E-state index in [4.69, 9.17) is 0 Å². The topological polar surface area (TPSA) is 46.2 Å². The molecule has 2 aromatic rings. The van der Waals surface area contributed by atoms with Crippen LogP contribution in [0.4, 0.5) is 4.39 Å². The lowest BCUT2D eigenvalue weighted by Gasteiger charge is -2.13. The zero-order chi connectivity index (χ0) is 16.2. The molecule has 1 atom stereocenters. The number of hydrogen-bond donors (Lipinski definition) is 1. The number of nitrogens with one attached hydrogen (secondary N) is 1. The summed E-state index contributed by atoms with van der Waals surface area (Å²) in [7, 11) is -3.65. The molecule has 0 radical (unpaired) electrons. The van der Waals surface area contributed by atoms with Gasteiger partial charge in [0.2, 0.25) is 10.0 Å². The van der Waals surface area contributed by atoms with Crippen molar-refractivity contribution < 1.29 is 12.8 Å². The number of halogens is 2. The van der Waals surface area contributed by atoms with Crippen LogP contribution in [-0.2, 0) is 10.0 Å². The van der Waals surface area contributed by atoms with E-state index in [2.05, 4.69) is 27.6 Å². The van der Waals surface area contributed by atoms with E-state index in [1.807, 2.05) is 30.3 Å². The molecule has 0 fully saturated rings. The Hall–Kier alpha value is -1.24. The van der Waals surface area contributed by atoms with Gasteiger partial charge in [0.15, 0.2) is 0 Å². The summed E-state index contributed by atoms with van der Waals surface area (Å²) in [6, 6.07) is 13.4. The highest BCUT2D eigenvalue weighted by molar-refractivity contribution is 9.10. The summed E-state index contributed by atoms with van der Waals surface area (Å²) in [6.45, 7) is 2.37. The molecule has 6 heteroatoms. The molecule has 0 aliphatic rings. The minimum atomic E-state index is -3.65. The van der Waals surface area contributed by atoms with Crippen molar-refractivity contribution >= 4 is 26.0 Å². The third kappa shape index (κ3) is 4.38. The van der Waals surface area contributed by atoms with Crippen molar-refractivity contribution in [2.45, 2.75) is 24.2 Å². The minimum absolute atomic E-state index is 0.0428. The highest BCUT2D eigenvalue weighted by atomic mass is 79.9. The first-order chi connectivity index (χ1) is 10.4. The van der Waals surface area contributed by atoms with E-state index in [1.165, 1.54) is 11.6 Å². The minimum Gasteiger partial charge on any atom is -0.211 e. The molecule has 0 aliphatic heterocycles. The third-order valence-corrected chi connectivity index (χ3v) is 5.86. The van der Waals surface area contributed by atoms with Gasteiger partial charge in [-0.25, -0.2) is 17.5 Å². The van der Waals surface area contributed by atoms with Crippen LogP contribution in [-0.4, -0.2) is 15.0 Å². The van der Waals surface area contributed by atoms with Crippen molar-refractivity contribution in [2.24, 2.45) is 0 Å². The second kappa shape index (κ2) is 7.35. The fourth-order valence-electron chi connectivity index (χ4n) is 2.13. The number of benzene rings is 2. The third-order valence-electron chi connectivity index (χ3n) is 3.42. The van der Waals surface area contributed by atoms with Crippen LogP contribution in [0.3, 0.4) is 0 Å². The van der Waals surface area contributed by atoms with Gasteiger partial charge in [-0.05, 0) is 52.0 Å². The first-order valence-corrected chi connectivity index (χ1v) is 9.17. The van der Waals surface area contributed by atoms with Crippen LogP contribution >= 0.6 is 15.9 Å². The second-order valence-corrected chi connectivity index (χ2v) is 7.66. The Bertz CT molecular complexity index is 735. The predicted molar refractivity (Wildman–Crippen MR) is 88.8 cm³/mol. The van der Waals surface area contributed by atoms with E-state index in [-0.39, 0.29) is 15.3 Å². The van der Waals surface area contributed by atoms with Crippen molar-refractivity contribution in [3.8, 4) is 0 Å². The molecule has 3 nitrogen and oxygen atoms in total. The second-order valence-electron chi connectivity index (χ2n) is 5.07. The van der Waals surface area contributed by atoms with Crippen LogP contribution in [0.5, 0.6) is 0 Å². The molecular weight excluding hydrogens is 369 g/mol. The summed E-state index contributed by atoms with van der Waals surface area (Å²) in [5, 5.41) is 0. The van der Waals surface area contributed by atoms with Gasteiger partial charge in [0.1, 0.15) is 5.82 Å². The average Bonchev–Trinajstić information content (AvgIpc) is 2.47. The van der Waals surface area contributed by atoms with Gasteiger partial charge < -0.3 is 0 Å². The fraction of sp³-hybridized carbons (Fsp3) is 0.250. The maximum atomic E-state index is 13.0. The lowest BCUT2D eigenvalue weighted by molar-refractivity contribution is 0.571. The van der Waals surface area contributed by atoms with Gasteiger partial charge in [-0.3, -0.25) is 0 Å². The Morgan fingerprint density at radius 3 is 2.50 bits per heavy atom. The van der Waals surface area contributed by atoms with E-state index in [9.17, 15) is 12.8 Å². The highest BCUT2D eigenvalue weighted by Gasteiger charge is 2.18. The molecule has 1 N–H and O–H groups in total. The van der Waals surface area contributed by atoms with Gasteiger partial charge >= 0.3 is 0 Å². The van der Waals surface area contributed by atoms with Crippen molar-refractivity contribution in [3.05, 3.63) is 64.4 Å². The van der Waals surface area contributed by atoms with Crippen molar-refractivity contribution in [1.82, 2.24) is 4.72 Å². The smallest absolute Gasteiger partial charge is 0.211 e. The van der Waals surface area contributed by atoms with Crippen LogP contribution in [0.25, 0.3) is 0 Å². The normalized spacial score (nSPS) is 13.0. The molecule has 2 aromatic carbocycles. The molecule has 0 bridgehead atoms. The lowest BCUT2D eigenvalue weighted by Crippen LogP contribution is -2.26. The van der Waals surface area contributed by atoms with E-state index < -0.39 is 15.8 Å². The standard InChI is InChI=1S/C16H17BrFNO2S/c1-12(13-5-3-2-4-6-13)9-10-19-22(20,21)16-8-7-14(18)11-15(16)17/h2-8,11-12,19H,9-10H2,1H3. The maximum absolute atomic E-state index is 13.0. The van der Waals surface area contributed by atoms with Crippen LogP contribution in [0.15, 0.2) is 57.9 Å². The fourth-order valence-corrected chi connectivity index (χ4v) is 4.22. The zero-order valence-electron chi connectivity index (χ0n) is 12.1. The van der Waals surface area contributed by atoms with Gasteiger partial charge in [0.25, 0.3) is 0 Å². The quantitative estimate of drug-likeness (QED) is 0.814. The first kappa shape index (κ1) is 17.1. The van der Waals surface area contributed by atoms with Crippen molar-refractivity contribution in [3.63, 3.8) is 0 Å². The molecule has 0 saturated heterocycles. The van der Waals surface area contributed by atoms with Crippen LogP contribution in [0.1, 0.15) is 24.8 Å². The molecule has 0 aromatic heterocycles. The number of sulfonamides is 1. The Labute approximate surface area is 138 Å². The van der Waals surface area contributed by atoms with Crippen LogP contribution in [0, 0.1) is 5.82 Å². The Morgan fingerprint density at radius 2 is 1.86 bits per heavy atom. The molecular formula is C16H17BrFNO2S. The molecule has 0 heterocycles. The van der Waals surface area contributed by atoms with Crippen molar-refractivity contribution in [2.75, 3.05) is 6.54 Å². The molecule has 1 unspecified atom stereocenters.